The molecule has 0 radical (unpaired) electrons. The first-order chi connectivity index (χ1) is 7.24. The molecule has 16 heavy (non-hydrogen) atoms. The number of carboxylic acid groups (broad SMARTS) is 1. The van der Waals surface area contributed by atoms with E-state index in [-0.39, 0.29) is 17.5 Å². The van der Waals surface area contributed by atoms with Gasteiger partial charge in [0.05, 0.1) is 5.60 Å². The van der Waals surface area contributed by atoms with Crippen molar-refractivity contribution in [3.8, 4) is 0 Å². The quantitative estimate of drug-likeness (QED) is 0.666. The van der Waals surface area contributed by atoms with E-state index in [9.17, 15) is 9.90 Å². The molecule has 2 aliphatic rings. The van der Waals surface area contributed by atoms with Gasteiger partial charge in [-0.3, -0.25) is 0 Å². The molecule has 2 heterocycles. The third-order valence-electron chi connectivity index (χ3n) is 4.38. The molecule has 2 rings (SSSR count). The number of rotatable bonds is 0. The molecule has 0 saturated carbocycles. The summed E-state index contributed by atoms with van der Waals surface area (Å²) in [7, 11) is 0. The summed E-state index contributed by atoms with van der Waals surface area (Å²) in [4.78, 5) is 12.7. The molecule has 0 aliphatic carbocycles. The fourth-order valence-electron chi connectivity index (χ4n) is 3.15. The minimum absolute atomic E-state index is 0.0143. The van der Waals surface area contributed by atoms with E-state index in [1.54, 1.807) is 4.90 Å². The van der Waals surface area contributed by atoms with Gasteiger partial charge in [0.25, 0.3) is 0 Å². The second-order valence-electron chi connectivity index (χ2n) is 6.26. The molecule has 0 unspecified atom stereocenters. The molecule has 4 heteroatoms. The molecular formula is C12H21NO3. The topological polar surface area (TPSA) is 60.8 Å². The van der Waals surface area contributed by atoms with Crippen molar-refractivity contribution < 1.29 is 15.0 Å². The highest BCUT2D eigenvalue weighted by Gasteiger charge is 2.53. The van der Waals surface area contributed by atoms with Crippen molar-refractivity contribution in [3.63, 3.8) is 0 Å². The van der Waals surface area contributed by atoms with Gasteiger partial charge in [0, 0.05) is 12.1 Å². The van der Waals surface area contributed by atoms with Gasteiger partial charge in [-0.25, -0.2) is 4.79 Å². The van der Waals surface area contributed by atoms with E-state index in [0.29, 0.717) is 12.8 Å². The van der Waals surface area contributed by atoms with Gasteiger partial charge in [-0.1, -0.05) is 20.8 Å². The third kappa shape index (κ3) is 1.59. The minimum atomic E-state index is -0.830. The van der Waals surface area contributed by atoms with Crippen LogP contribution in [-0.4, -0.2) is 38.9 Å². The van der Waals surface area contributed by atoms with Crippen LogP contribution in [0.2, 0.25) is 0 Å². The Morgan fingerprint density at radius 1 is 1.25 bits per heavy atom. The number of hydrogen-bond acceptors (Lipinski definition) is 2. The molecule has 0 spiro atoms. The molecule has 0 aromatic heterocycles. The molecular weight excluding hydrogens is 206 g/mol. The van der Waals surface area contributed by atoms with Gasteiger partial charge in [0.2, 0.25) is 0 Å². The number of fused-ring (bicyclic) bond motifs is 2. The normalized spacial score (nSPS) is 38.9. The van der Waals surface area contributed by atoms with E-state index >= 15 is 0 Å². The Hall–Kier alpha value is -0.770. The van der Waals surface area contributed by atoms with Crippen LogP contribution >= 0.6 is 0 Å². The Kier molecular flexibility index (Phi) is 2.46. The van der Waals surface area contributed by atoms with Crippen LogP contribution in [0.25, 0.3) is 0 Å². The van der Waals surface area contributed by atoms with Gasteiger partial charge in [-0.05, 0) is 31.1 Å². The van der Waals surface area contributed by atoms with E-state index in [4.69, 9.17) is 5.11 Å². The van der Waals surface area contributed by atoms with E-state index in [1.165, 1.54) is 0 Å². The molecule has 1 amide bonds. The Balaban J connectivity index is 2.22. The average molecular weight is 227 g/mol. The zero-order valence-corrected chi connectivity index (χ0v) is 10.2. The van der Waals surface area contributed by atoms with Crippen LogP contribution in [-0.2, 0) is 0 Å². The SMILES string of the molecule is CC(C)(C)[C@]1(O)C[C@H]2CC[C@@H](C1)N2C(=O)O. The van der Waals surface area contributed by atoms with E-state index in [0.717, 1.165) is 12.8 Å². The number of nitrogens with zero attached hydrogens (tertiary/aromatic N) is 1. The number of aliphatic hydroxyl groups is 1. The Morgan fingerprint density at radius 2 is 1.69 bits per heavy atom. The Labute approximate surface area is 96.3 Å². The lowest BCUT2D eigenvalue weighted by molar-refractivity contribution is -0.114. The monoisotopic (exact) mass is 227 g/mol. The van der Waals surface area contributed by atoms with Crippen molar-refractivity contribution in [1.29, 1.82) is 0 Å². The Bertz CT molecular complexity index is 294. The van der Waals surface area contributed by atoms with Crippen molar-refractivity contribution in [2.24, 2.45) is 5.41 Å². The zero-order chi connectivity index (χ0) is 12.1. The molecule has 0 aromatic carbocycles. The van der Waals surface area contributed by atoms with Crippen molar-refractivity contribution in [3.05, 3.63) is 0 Å². The van der Waals surface area contributed by atoms with Crippen molar-refractivity contribution >= 4 is 6.09 Å². The summed E-state index contributed by atoms with van der Waals surface area (Å²) < 4.78 is 0. The first-order valence-corrected chi connectivity index (χ1v) is 5.98. The van der Waals surface area contributed by atoms with Gasteiger partial charge in [0.15, 0.2) is 0 Å². The van der Waals surface area contributed by atoms with Gasteiger partial charge in [-0.15, -0.1) is 0 Å². The molecule has 2 aliphatic heterocycles. The first kappa shape index (κ1) is 11.7. The largest absolute Gasteiger partial charge is 0.465 e. The smallest absolute Gasteiger partial charge is 0.407 e. The van der Waals surface area contributed by atoms with Crippen molar-refractivity contribution in [2.75, 3.05) is 0 Å². The highest BCUT2D eigenvalue weighted by Crippen LogP contribution is 2.48. The van der Waals surface area contributed by atoms with Gasteiger partial charge in [0.1, 0.15) is 0 Å². The second kappa shape index (κ2) is 3.36. The predicted molar refractivity (Wildman–Crippen MR) is 60.3 cm³/mol. The average Bonchev–Trinajstić information content (AvgIpc) is 2.37. The van der Waals surface area contributed by atoms with Crippen LogP contribution in [0.15, 0.2) is 0 Å². The highest BCUT2D eigenvalue weighted by atomic mass is 16.4. The maximum atomic E-state index is 11.1. The highest BCUT2D eigenvalue weighted by molar-refractivity contribution is 5.66. The van der Waals surface area contributed by atoms with Gasteiger partial charge in [-0.2, -0.15) is 0 Å². The maximum Gasteiger partial charge on any atom is 0.407 e. The number of piperidine rings is 1. The van der Waals surface area contributed by atoms with Crippen molar-refractivity contribution in [1.82, 2.24) is 4.90 Å². The summed E-state index contributed by atoms with van der Waals surface area (Å²) in [5.41, 5.74) is -0.900. The fraction of sp³-hybridized carbons (Fsp3) is 0.917. The van der Waals surface area contributed by atoms with Crippen molar-refractivity contribution in [2.45, 2.75) is 64.1 Å². The van der Waals surface area contributed by atoms with Crippen LogP contribution in [0, 0.1) is 5.41 Å². The molecule has 0 aromatic rings. The lowest BCUT2D eigenvalue weighted by Crippen LogP contribution is -2.57. The van der Waals surface area contributed by atoms with Crippen LogP contribution in [0.3, 0.4) is 0 Å². The number of hydrogen-bond donors (Lipinski definition) is 2. The second-order valence-corrected chi connectivity index (χ2v) is 6.26. The van der Waals surface area contributed by atoms with Crippen LogP contribution < -0.4 is 0 Å². The third-order valence-corrected chi connectivity index (χ3v) is 4.38. The predicted octanol–water partition coefficient (Wildman–Crippen LogP) is 2.07. The van der Waals surface area contributed by atoms with Crippen LogP contribution in [0.5, 0.6) is 0 Å². The summed E-state index contributed by atoms with van der Waals surface area (Å²) in [5, 5.41) is 19.8. The van der Waals surface area contributed by atoms with E-state index in [2.05, 4.69) is 0 Å². The summed E-state index contributed by atoms with van der Waals surface area (Å²) in [6, 6.07) is 0.0287. The molecule has 2 saturated heterocycles. The molecule has 2 fully saturated rings. The summed E-state index contributed by atoms with van der Waals surface area (Å²) in [5.74, 6) is 0. The molecule has 2 bridgehead atoms. The maximum absolute atomic E-state index is 11.1. The zero-order valence-electron chi connectivity index (χ0n) is 10.2. The summed E-state index contributed by atoms with van der Waals surface area (Å²) in [6.07, 6.45) is 2.13. The lowest BCUT2D eigenvalue weighted by Gasteiger charge is -2.49. The minimum Gasteiger partial charge on any atom is -0.465 e. The summed E-state index contributed by atoms with van der Waals surface area (Å²) in [6.45, 7) is 6.09. The first-order valence-electron chi connectivity index (χ1n) is 5.98. The summed E-state index contributed by atoms with van der Waals surface area (Å²) >= 11 is 0. The number of amides is 1. The molecule has 92 valence electrons. The lowest BCUT2D eigenvalue weighted by atomic mass is 9.69. The van der Waals surface area contributed by atoms with Crippen LogP contribution in [0.4, 0.5) is 4.79 Å². The Morgan fingerprint density at radius 3 is 2.00 bits per heavy atom. The van der Waals surface area contributed by atoms with E-state index in [1.807, 2.05) is 20.8 Å². The molecule has 3 atom stereocenters. The molecule has 4 nitrogen and oxygen atoms in total. The van der Waals surface area contributed by atoms with Gasteiger partial charge >= 0.3 is 6.09 Å². The van der Waals surface area contributed by atoms with E-state index < -0.39 is 11.7 Å². The fourth-order valence-corrected chi connectivity index (χ4v) is 3.15. The molecule has 2 N–H and O–H groups in total. The van der Waals surface area contributed by atoms with Gasteiger partial charge < -0.3 is 15.1 Å². The van der Waals surface area contributed by atoms with Crippen LogP contribution in [0.1, 0.15) is 46.5 Å². The standard InChI is InChI=1S/C12H21NO3/c1-11(2,3)12(16)6-8-4-5-9(7-12)13(8)10(14)15/h8-9,16H,4-7H2,1-3H3,(H,14,15)/t8-,9+,12+. The number of carbonyl (C=O) groups is 1.